The van der Waals surface area contributed by atoms with Crippen molar-refractivity contribution >= 4 is 15.9 Å². The Morgan fingerprint density at radius 1 is 1.27 bits per heavy atom. The molecular weight excluding hydrogens is 252 g/mol. The standard InChI is InChI=1S/C12H15BrN2/c1-7(2)10-5-9(6-14)15-12(8(3)4)11(10)13/h5,7-8H,1-4H3. The predicted octanol–water partition coefficient (Wildman–Crippen LogP) is 3.96. The van der Waals surface area contributed by atoms with Crippen molar-refractivity contribution in [3.8, 4) is 6.07 Å². The van der Waals surface area contributed by atoms with Crippen LogP contribution in [0.1, 0.15) is 56.5 Å². The predicted molar refractivity (Wildman–Crippen MR) is 64.8 cm³/mol. The summed E-state index contributed by atoms with van der Waals surface area (Å²) in [4.78, 5) is 4.33. The van der Waals surface area contributed by atoms with E-state index in [0.717, 1.165) is 15.7 Å². The minimum atomic E-state index is 0.324. The molecule has 0 aliphatic heterocycles. The minimum Gasteiger partial charge on any atom is -0.241 e. The number of rotatable bonds is 2. The zero-order valence-corrected chi connectivity index (χ0v) is 11.1. The third kappa shape index (κ3) is 2.57. The summed E-state index contributed by atoms with van der Waals surface area (Å²) < 4.78 is 1.05. The van der Waals surface area contributed by atoms with Crippen molar-refractivity contribution in [3.05, 3.63) is 27.5 Å². The molecule has 0 aliphatic carbocycles. The lowest BCUT2D eigenvalue weighted by Gasteiger charge is -2.14. The molecule has 0 saturated heterocycles. The van der Waals surface area contributed by atoms with E-state index in [-0.39, 0.29) is 0 Å². The van der Waals surface area contributed by atoms with Crippen molar-refractivity contribution in [2.24, 2.45) is 0 Å². The molecule has 1 heterocycles. The molecule has 0 fully saturated rings. The zero-order chi connectivity index (χ0) is 11.6. The van der Waals surface area contributed by atoms with Crippen LogP contribution in [0, 0.1) is 11.3 Å². The largest absolute Gasteiger partial charge is 0.241 e. The molecule has 1 aromatic rings. The second-order valence-electron chi connectivity index (χ2n) is 4.22. The van der Waals surface area contributed by atoms with Gasteiger partial charge >= 0.3 is 0 Å². The highest BCUT2D eigenvalue weighted by Crippen LogP contribution is 2.31. The minimum absolute atomic E-state index is 0.324. The molecule has 0 aromatic carbocycles. The van der Waals surface area contributed by atoms with Gasteiger partial charge in [-0.2, -0.15) is 5.26 Å². The third-order valence-corrected chi connectivity index (χ3v) is 3.16. The lowest BCUT2D eigenvalue weighted by molar-refractivity contribution is 0.786. The summed E-state index contributed by atoms with van der Waals surface area (Å²) in [7, 11) is 0. The molecule has 0 aliphatic rings. The monoisotopic (exact) mass is 266 g/mol. The Bertz CT molecular complexity index is 374. The van der Waals surface area contributed by atoms with E-state index >= 15 is 0 Å². The van der Waals surface area contributed by atoms with Gasteiger partial charge in [0, 0.05) is 4.47 Å². The van der Waals surface area contributed by atoms with Crippen LogP contribution in [0.15, 0.2) is 10.5 Å². The van der Waals surface area contributed by atoms with Crippen LogP contribution in [0.3, 0.4) is 0 Å². The molecule has 0 spiro atoms. The molecule has 0 radical (unpaired) electrons. The summed E-state index contributed by atoms with van der Waals surface area (Å²) in [6.45, 7) is 8.40. The fourth-order valence-electron chi connectivity index (χ4n) is 1.43. The second-order valence-corrected chi connectivity index (χ2v) is 5.01. The first-order valence-corrected chi connectivity index (χ1v) is 5.87. The summed E-state index contributed by atoms with van der Waals surface area (Å²) in [5.41, 5.74) is 2.63. The molecule has 0 atom stereocenters. The first-order chi connectivity index (χ1) is 6.97. The van der Waals surface area contributed by atoms with Crippen molar-refractivity contribution in [2.75, 3.05) is 0 Å². The van der Waals surface area contributed by atoms with E-state index < -0.39 is 0 Å². The maximum atomic E-state index is 8.91. The number of halogens is 1. The van der Waals surface area contributed by atoms with Crippen LogP contribution in [0.25, 0.3) is 0 Å². The highest BCUT2D eigenvalue weighted by atomic mass is 79.9. The van der Waals surface area contributed by atoms with Crippen molar-refractivity contribution in [2.45, 2.75) is 39.5 Å². The van der Waals surface area contributed by atoms with Crippen LogP contribution in [0.4, 0.5) is 0 Å². The van der Waals surface area contributed by atoms with E-state index in [9.17, 15) is 0 Å². The molecule has 15 heavy (non-hydrogen) atoms. The van der Waals surface area contributed by atoms with E-state index in [1.54, 1.807) is 0 Å². The number of nitriles is 1. The van der Waals surface area contributed by atoms with E-state index in [0.29, 0.717) is 17.5 Å². The maximum Gasteiger partial charge on any atom is 0.141 e. The van der Waals surface area contributed by atoms with Crippen LogP contribution >= 0.6 is 15.9 Å². The number of aromatic nitrogens is 1. The maximum absolute atomic E-state index is 8.91. The molecule has 1 rings (SSSR count). The zero-order valence-electron chi connectivity index (χ0n) is 9.50. The quantitative estimate of drug-likeness (QED) is 0.813. The van der Waals surface area contributed by atoms with Gasteiger partial charge in [0.2, 0.25) is 0 Å². The average molecular weight is 267 g/mol. The van der Waals surface area contributed by atoms with Gasteiger partial charge in [-0.25, -0.2) is 4.98 Å². The summed E-state index contributed by atoms with van der Waals surface area (Å²) in [5.74, 6) is 0.720. The fourth-order valence-corrected chi connectivity index (χ4v) is 2.55. The Morgan fingerprint density at radius 2 is 1.87 bits per heavy atom. The van der Waals surface area contributed by atoms with Crippen LogP contribution in [-0.4, -0.2) is 4.98 Å². The summed E-state index contributed by atoms with van der Waals surface area (Å²) in [6.07, 6.45) is 0. The van der Waals surface area contributed by atoms with Gasteiger partial charge in [-0.3, -0.25) is 0 Å². The first kappa shape index (κ1) is 12.2. The molecule has 0 amide bonds. The third-order valence-electron chi connectivity index (χ3n) is 2.29. The van der Waals surface area contributed by atoms with E-state index in [4.69, 9.17) is 5.26 Å². The summed E-state index contributed by atoms with van der Waals surface area (Å²) >= 11 is 3.57. The lowest BCUT2D eigenvalue weighted by atomic mass is 9.99. The van der Waals surface area contributed by atoms with Gasteiger partial charge in [-0.05, 0) is 39.4 Å². The molecule has 1 aromatic heterocycles. The Labute approximate surface area is 99.5 Å². The SMILES string of the molecule is CC(C)c1cc(C#N)nc(C(C)C)c1Br. The normalized spacial score (nSPS) is 10.8. The number of pyridine rings is 1. The van der Waals surface area contributed by atoms with Gasteiger partial charge in [0.1, 0.15) is 11.8 Å². The van der Waals surface area contributed by atoms with Crippen molar-refractivity contribution < 1.29 is 0 Å². The molecule has 0 bridgehead atoms. The Balaban J connectivity index is 3.42. The average Bonchev–Trinajstić information content (AvgIpc) is 2.17. The molecule has 0 N–H and O–H groups in total. The van der Waals surface area contributed by atoms with Gasteiger partial charge in [-0.1, -0.05) is 27.7 Å². The van der Waals surface area contributed by atoms with Crippen LogP contribution < -0.4 is 0 Å². The highest BCUT2D eigenvalue weighted by molar-refractivity contribution is 9.10. The van der Waals surface area contributed by atoms with E-state index in [2.05, 4.69) is 54.7 Å². The Morgan fingerprint density at radius 3 is 2.27 bits per heavy atom. The topological polar surface area (TPSA) is 36.7 Å². The van der Waals surface area contributed by atoms with Gasteiger partial charge in [0.25, 0.3) is 0 Å². The summed E-state index contributed by atoms with van der Waals surface area (Å²) in [5, 5.41) is 8.91. The molecule has 0 saturated carbocycles. The highest BCUT2D eigenvalue weighted by Gasteiger charge is 2.14. The Kier molecular flexibility index (Phi) is 3.87. The van der Waals surface area contributed by atoms with Gasteiger partial charge < -0.3 is 0 Å². The molecular formula is C12H15BrN2. The Hall–Kier alpha value is -0.880. The second kappa shape index (κ2) is 4.76. The van der Waals surface area contributed by atoms with Crippen molar-refractivity contribution in [1.82, 2.24) is 4.98 Å². The first-order valence-electron chi connectivity index (χ1n) is 5.07. The summed E-state index contributed by atoms with van der Waals surface area (Å²) in [6, 6.07) is 3.97. The number of hydrogen-bond acceptors (Lipinski definition) is 2. The lowest BCUT2D eigenvalue weighted by Crippen LogP contribution is -2.02. The molecule has 2 nitrogen and oxygen atoms in total. The van der Waals surface area contributed by atoms with Crippen molar-refractivity contribution in [3.63, 3.8) is 0 Å². The van der Waals surface area contributed by atoms with Crippen molar-refractivity contribution in [1.29, 1.82) is 5.26 Å². The van der Waals surface area contributed by atoms with Crippen LogP contribution in [0.5, 0.6) is 0 Å². The fraction of sp³-hybridized carbons (Fsp3) is 0.500. The van der Waals surface area contributed by atoms with Gasteiger partial charge in [-0.15, -0.1) is 0 Å². The number of nitrogens with zero attached hydrogens (tertiary/aromatic N) is 2. The number of hydrogen-bond donors (Lipinski definition) is 0. The van der Waals surface area contributed by atoms with E-state index in [1.165, 1.54) is 0 Å². The molecule has 3 heteroatoms. The van der Waals surface area contributed by atoms with Crippen LogP contribution in [0.2, 0.25) is 0 Å². The molecule has 0 unspecified atom stereocenters. The molecule has 80 valence electrons. The van der Waals surface area contributed by atoms with Gasteiger partial charge in [0.05, 0.1) is 5.69 Å². The smallest absolute Gasteiger partial charge is 0.141 e. The van der Waals surface area contributed by atoms with E-state index in [1.807, 2.05) is 6.07 Å². The van der Waals surface area contributed by atoms with Crippen LogP contribution in [-0.2, 0) is 0 Å². The van der Waals surface area contributed by atoms with Gasteiger partial charge in [0.15, 0.2) is 0 Å².